The molecule has 0 radical (unpaired) electrons. The van der Waals surface area contributed by atoms with Crippen LogP contribution < -0.4 is 0 Å². The fourth-order valence-electron chi connectivity index (χ4n) is 5.81. The van der Waals surface area contributed by atoms with Gasteiger partial charge in [-0.15, -0.1) is 0 Å². The lowest BCUT2D eigenvalue weighted by molar-refractivity contribution is 0.949. The molecule has 0 aliphatic heterocycles. The first-order valence-corrected chi connectivity index (χ1v) is 13.2. The normalized spacial score (nSPS) is 11.6. The summed E-state index contributed by atoms with van der Waals surface area (Å²) in [4.78, 5) is 5.16. The highest BCUT2D eigenvalue weighted by Gasteiger charge is 2.17. The van der Waals surface area contributed by atoms with Crippen molar-refractivity contribution in [2.45, 2.75) is 0 Å². The Bertz CT molecular complexity index is 2120. The Balaban J connectivity index is 1.42. The first-order chi connectivity index (χ1) is 19.3. The number of fused-ring (bicyclic) bond motifs is 7. The molecule has 0 bridgehead atoms. The van der Waals surface area contributed by atoms with Crippen LogP contribution in [0.25, 0.3) is 71.6 Å². The molecule has 6 aromatic carbocycles. The number of benzene rings is 6. The number of hydrogen-bond donors (Lipinski definition) is 0. The minimum atomic E-state index is 0.847. The molecular formula is C36H23N3. The summed E-state index contributed by atoms with van der Waals surface area (Å²) in [6.07, 6.45) is 1.95. The van der Waals surface area contributed by atoms with Gasteiger partial charge < -0.3 is 0 Å². The molecule has 0 aliphatic carbocycles. The van der Waals surface area contributed by atoms with Crippen molar-refractivity contribution in [1.82, 2.24) is 14.6 Å². The van der Waals surface area contributed by atoms with Crippen molar-refractivity contribution in [3.63, 3.8) is 0 Å². The van der Waals surface area contributed by atoms with E-state index in [1.807, 2.05) is 22.8 Å². The molecule has 8 aromatic rings. The Hall–Kier alpha value is -5.28. The number of hydrogen-bond acceptors (Lipinski definition) is 2. The fourth-order valence-corrected chi connectivity index (χ4v) is 5.81. The molecule has 0 N–H and O–H groups in total. The molecule has 0 amide bonds. The van der Waals surface area contributed by atoms with E-state index in [1.165, 1.54) is 32.3 Å². The summed E-state index contributed by atoms with van der Waals surface area (Å²) >= 11 is 0. The van der Waals surface area contributed by atoms with Crippen LogP contribution in [0.1, 0.15) is 0 Å². The summed E-state index contributed by atoms with van der Waals surface area (Å²) in [6.45, 7) is 0. The second-order valence-electron chi connectivity index (χ2n) is 9.90. The largest absolute Gasteiger partial charge is 0.228 e. The van der Waals surface area contributed by atoms with Gasteiger partial charge in [0.1, 0.15) is 0 Å². The zero-order chi connectivity index (χ0) is 25.8. The topological polar surface area (TPSA) is 30.2 Å². The summed E-state index contributed by atoms with van der Waals surface area (Å²) in [5, 5.41) is 12.4. The molecule has 39 heavy (non-hydrogen) atoms. The minimum absolute atomic E-state index is 0.847. The van der Waals surface area contributed by atoms with Crippen molar-refractivity contribution in [1.29, 1.82) is 0 Å². The third-order valence-corrected chi connectivity index (χ3v) is 7.67. The van der Waals surface area contributed by atoms with Crippen LogP contribution in [0.15, 0.2) is 140 Å². The molecule has 8 rings (SSSR count). The van der Waals surface area contributed by atoms with Gasteiger partial charge in [-0.1, -0.05) is 121 Å². The highest BCUT2D eigenvalue weighted by Crippen LogP contribution is 2.38. The highest BCUT2D eigenvalue weighted by atomic mass is 15.3. The zero-order valence-corrected chi connectivity index (χ0v) is 21.1. The van der Waals surface area contributed by atoms with E-state index in [4.69, 9.17) is 10.1 Å². The third kappa shape index (κ3) is 3.44. The van der Waals surface area contributed by atoms with Gasteiger partial charge in [0.05, 0.1) is 17.6 Å². The van der Waals surface area contributed by atoms with Crippen molar-refractivity contribution in [2.75, 3.05) is 0 Å². The quantitative estimate of drug-likeness (QED) is 0.228. The Kier molecular flexibility index (Phi) is 4.82. The molecule has 3 heteroatoms. The fraction of sp³-hybridized carbons (Fsp3) is 0. The number of nitrogens with zero attached hydrogens (tertiary/aromatic N) is 3. The van der Waals surface area contributed by atoms with Crippen LogP contribution in [0.2, 0.25) is 0 Å². The van der Waals surface area contributed by atoms with Crippen LogP contribution in [0.5, 0.6) is 0 Å². The van der Waals surface area contributed by atoms with Crippen molar-refractivity contribution < 1.29 is 0 Å². The SMILES string of the molecule is c1ccc(-c2cc(-c3ccccc3)n3ncc(-c4ccc5c6ccccc6c6ccccc6c5c4)c3n2)cc1. The molecule has 0 spiro atoms. The van der Waals surface area contributed by atoms with Gasteiger partial charge in [-0.05, 0) is 50.0 Å². The molecule has 2 heterocycles. The standard InChI is InChI=1S/C36H23N3/c1-3-11-24(12-4-1)34-22-35(25-13-5-2-6-14-25)39-36(38-34)33(23-37-39)26-19-20-31-29-17-8-7-15-27(29)28-16-9-10-18-30(28)32(31)21-26/h1-23H. The molecular weight excluding hydrogens is 474 g/mol. The second-order valence-corrected chi connectivity index (χ2v) is 9.90. The lowest BCUT2D eigenvalue weighted by Crippen LogP contribution is -1.98. The lowest BCUT2D eigenvalue weighted by atomic mass is 9.92. The van der Waals surface area contributed by atoms with Gasteiger partial charge in [-0.25, -0.2) is 9.50 Å². The van der Waals surface area contributed by atoms with E-state index in [9.17, 15) is 0 Å². The Morgan fingerprint density at radius 2 is 0.974 bits per heavy atom. The van der Waals surface area contributed by atoms with Crippen molar-refractivity contribution >= 4 is 38.0 Å². The van der Waals surface area contributed by atoms with Gasteiger partial charge in [0.25, 0.3) is 0 Å². The van der Waals surface area contributed by atoms with E-state index < -0.39 is 0 Å². The predicted molar refractivity (Wildman–Crippen MR) is 162 cm³/mol. The van der Waals surface area contributed by atoms with E-state index in [2.05, 4.69) is 121 Å². The van der Waals surface area contributed by atoms with Crippen LogP contribution in [-0.2, 0) is 0 Å². The Morgan fingerprint density at radius 3 is 1.62 bits per heavy atom. The maximum atomic E-state index is 5.16. The average Bonchev–Trinajstić information content (AvgIpc) is 3.45. The van der Waals surface area contributed by atoms with E-state index in [-0.39, 0.29) is 0 Å². The maximum absolute atomic E-state index is 5.16. The van der Waals surface area contributed by atoms with Gasteiger partial charge in [0.2, 0.25) is 0 Å². The molecule has 0 unspecified atom stereocenters. The van der Waals surface area contributed by atoms with E-state index in [1.54, 1.807) is 0 Å². The van der Waals surface area contributed by atoms with E-state index in [0.717, 1.165) is 39.3 Å². The molecule has 2 aromatic heterocycles. The van der Waals surface area contributed by atoms with Crippen molar-refractivity contribution in [2.24, 2.45) is 0 Å². The summed E-state index contributed by atoms with van der Waals surface area (Å²) in [5.41, 5.74) is 7.11. The van der Waals surface area contributed by atoms with Gasteiger partial charge >= 0.3 is 0 Å². The third-order valence-electron chi connectivity index (χ3n) is 7.67. The van der Waals surface area contributed by atoms with Crippen molar-refractivity contribution in [3.8, 4) is 33.6 Å². The smallest absolute Gasteiger partial charge is 0.164 e. The van der Waals surface area contributed by atoms with Crippen LogP contribution in [0, 0.1) is 0 Å². The first-order valence-electron chi connectivity index (χ1n) is 13.2. The van der Waals surface area contributed by atoms with E-state index >= 15 is 0 Å². The highest BCUT2D eigenvalue weighted by molar-refractivity contribution is 6.25. The molecule has 0 aliphatic rings. The molecule has 3 nitrogen and oxygen atoms in total. The first kappa shape index (κ1) is 21.8. The summed E-state index contributed by atoms with van der Waals surface area (Å²) in [6, 6.07) is 47.0. The van der Waals surface area contributed by atoms with Gasteiger partial charge in [0.15, 0.2) is 5.65 Å². The number of rotatable bonds is 3. The number of aromatic nitrogens is 3. The molecule has 0 fully saturated rings. The minimum Gasteiger partial charge on any atom is -0.228 e. The Morgan fingerprint density at radius 1 is 0.436 bits per heavy atom. The van der Waals surface area contributed by atoms with Crippen LogP contribution in [-0.4, -0.2) is 14.6 Å². The second kappa shape index (κ2) is 8.64. The monoisotopic (exact) mass is 497 g/mol. The zero-order valence-electron chi connectivity index (χ0n) is 21.1. The summed E-state index contributed by atoms with van der Waals surface area (Å²) in [7, 11) is 0. The summed E-state index contributed by atoms with van der Waals surface area (Å²) < 4.78 is 1.97. The van der Waals surface area contributed by atoms with E-state index in [0.29, 0.717) is 0 Å². The lowest BCUT2D eigenvalue weighted by Gasteiger charge is -2.12. The van der Waals surface area contributed by atoms with Crippen LogP contribution >= 0.6 is 0 Å². The molecule has 0 saturated carbocycles. The van der Waals surface area contributed by atoms with Gasteiger partial charge in [0, 0.05) is 16.7 Å². The molecule has 0 saturated heterocycles. The van der Waals surface area contributed by atoms with Gasteiger partial charge in [-0.3, -0.25) is 0 Å². The Labute approximate surface area is 225 Å². The predicted octanol–water partition coefficient (Wildman–Crippen LogP) is 9.19. The van der Waals surface area contributed by atoms with Crippen LogP contribution in [0.3, 0.4) is 0 Å². The average molecular weight is 498 g/mol. The van der Waals surface area contributed by atoms with Crippen molar-refractivity contribution in [3.05, 3.63) is 140 Å². The molecule has 182 valence electrons. The van der Waals surface area contributed by atoms with Gasteiger partial charge in [-0.2, -0.15) is 5.10 Å². The van der Waals surface area contributed by atoms with Crippen LogP contribution in [0.4, 0.5) is 0 Å². The maximum Gasteiger partial charge on any atom is 0.164 e. The molecule has 0 atom stereocenters. The summed E-state index contributed by atoms with van der Waals surface area (Å²) in [5.74, 6) is 0.